The van der Waals surface area contributed by atoms with Gasteiger partial charge in [0.1, 0.15) is 16.7 Å². The average Bonchev–Trinajstić information content (AvgIpc) is 3.17. The summed E-state index contributed by atoms with van der Waals surface area (Å²) in [6.45, 7) is 4.58. The van der Waals surface area contributed by atoms with E-state index in [4.69, 9.17) is 11.6 Å². The highest BCUT2D eigenvalue weighted by Crippen LogP contribution is 2.53. The van der Waals surface area contributed by atoms with Crippen molar-refractivity contribution in [2.24, 2.45) is 0 Å². The molecule has 0 saturated heterocycles. The Morgan fingerprint density at radius 3 is 2.42 bits per heavy atom. The minimum atomic E-state index is -4.81. The molecule has 0 spiro atoms. The molecule has 2 amide bonds. The summed E-state index contributed by atoms with van der Waals surface area (Å²) in [7, 11) is 0. The number of ether oxygens (including phenoxy) is 1. The van der Waals surface area contributed by atoms with E-state index in [-0.39, 0.29) is 16.6 Å². The van der Waals surface area contributed by atoms with Gasteiger partial charge in [-0.3, -0.25) is 4.98 Å². The molecule has 0 aliphatic carbocycles. The molecule has 0 bridgehead atoms. The van der Waals surface area contributed by atoms with Crippen LogP contribution in [0.4, 0.5) is 40.7 Å². The zero-order valence-electron chi connectivity index (χ0n) is 21.3. The van der Waals surface area contributed by atoms with Crippen LogP contribution in [0, 0.1) is 0 Å². The number of halogens is 4. The van der Waals surface area contributed by atoms with Crippen molar-refractivity contribution in [2.45, 2.75) is 25.6 Å². The van der Waals surface area contributed by atoms with Crippen molar-refractivity contribution in [3.05, 3.63) is 83.8 Å². The topological polar surface area (TPSA) is 99.6 Å². The van der Waals surface area contributed by atoms with Crippen LogP contribution < -0.4 is 20.3 Å². The number of nitrogens with one attached hydrogen (secondary N) is 2. The summed E-state index contributed by atoms with van der Waals surface area (Å²) in [5, 5.41) is 16.7. The number of hydrogen-bond donors (Lipinski definition) is 3. The minimum absolute atomic E-state index is 0.0617. The number of aromatic hydroxyl groups is 1. The number of carbonyl (C=O) groups is 1. The van der Waals surface area contributed by atoms with Gasteiger partial charge in [0.05, 0.1) is 35.1 Å². The molecule has 2 heterocycles. The number of nitrogens with zero attached hydrogens (tertiary/aromatic N) is 3. The first-order chi connectivity index (χ1) is 18.9. The second-order valence-electron chi connectivity index (χ2n) is 9.72. The summed E-state index contributed by atoms with van der Waals surface area (Å²) in [4.78, 5) is 23.3. The second kappa shape index (κ2) is 10.2. The van der Waals surface area contributed by atoms with E-state index in [9.17, 15) is 23.1 Å². The number of alkyl halides is 3. The van der Waals surface area contributed by atoms with E-state index in [1.807, 2.05) is 30.9 Å². The number of phenolic OH excluding ortho intramolecular Hbond substituents is 1. The minimum Gasteiger partial charge on any atom is -0.506 e. The number of amides is 2. The van der Waals surface area contributed by atoms with E-state index in [1.54, 1.807) is 30.5 Å². The molecule has 1 aliphatic heterocycles. The summed E-state index contributed by atoms with van der Waals surface area (Å²) in [6, 6.07) is 14.7. The number of rotatable bonds is 5. The molecule has 0 atom stereocenters. The van der Waals surface area contributed by atoms with Crippen LogP contribution in [0.3, 0.4) is 0 Å². The fraction of sp³-hybridized carbons (Fsp3) is 0.179. The number of hydrogen-bond acceptors (Lipinski definition) is 6. The Kier molecular flexibility index (Phi) is 6.92. The molecule has 12 heteroatoms. The predicted octanol–water partition coefficient (Wildman–Crippen LogP) is 7.47. The molecule has 1 aliphatic rings. The van der Waals surface area contributed by atoms with Gasteiger partial charge in [0, 0.05) is 23.2 Å². The molecular formula is C28H23ClF3N5O3. The van der Waals surface area contributed by atoms with Crippen molar-refractivity contribution >= 4 is 40.4 Å². The highest BCUT2D eigenvalue weighted by molar-refractivity contribution is 6.29. The second-order valence-corrected chi connectivity index (χ2v) is 10.1. The third-order valence-corrected chi connectivity index (χ3v) is 6.54. The molecule has 1 aromatic heterocycles. The Morgan fingerprint density at radius 1 is 1.02 bits per heavy atom. The van der Waals surface area contributed by atoms with Gasteiger partial charge in [0.15, 0.2) is 0 Å². The Bertz CT molecular complexity index is 1560. The predicted molar refractivity (Wildman–Crippen MR) is 146 cm³/mol. The van der Waals surface area contributed by atoms with Crippen molar-refractivity contribution in [3.63, 3.8) is 0 Å². The lowest BCUT2D eigenvalue weighted by Gasteiger charge is -2.25. The van der Waals surface area contributed by atoms with E-state index >= 15 is 0 Å². The lowest BCUT2D eigenvalue weighted by atomic mass is 9.83. The molecule has 0 saturated carbocycles. The van der Waals surface area contributed by atoms with Crippen LogP contribution in [0.5, 0.6) is 11.5 Å². The standard InChI is InChI=1S/C28H23ClF3N5O3/c1-27(2)15-37(25-22(38)12-11-18(24(25)27)20-13-34-23(29)14-33-20)21-6-4-3-5-19(21)36-26(39)35-16-7-9-17(10-8-16)40-28(30,31)32/h3-14,38H,15H2,1-2H3,(H2,35,36,39). The summed E-state index contributed by atoms with van der Waals surface area (Å²) >= 11 is 5.93. The number of aromatic nitrogens is 2. The molecule has 0 fully saturated rings. The van der Waals surface area contributed by atoms with Crippen molar-refractivity contribution in [3.8, 4) is 22.8 Å². The zero-order valence-corrected chi connectivity index (χ0v) is 22.0. The average molecular weight is 570 g/mol. The van der Waals surface area contributed by atoms with Crippen LogP contribution >= 0.6 is 11.6 Å². The molecule has 4 aromatic rings. The highest BCUT2D eigenvalue weighted by Gasteiger charge is 2.41. The Labute approximate surface area is 232 Å². The van der Waals surface area contributed by atoms with Crippen LogP contribution in [0.25, 0.3) is 11.3 Å². The van der Waals surface area contributed by atoms with E-state index in [1.165, 1.54) is 18.3 Å². The third-order valence-electron chi connectivity index (χ3n) is 6.34. The molecule has 40 heavy (non-hydrogen) atoms. The number of phenols is 1. The van der Waals surface area contributed by atoms with Crippen molar-refractivity contribution in [1.29, 1.82) is 0 Å². The third kappa shape index (κ3) is 5.59. The van der Waals surface area contributed by atoms with E-state index in [0.29, 0.717) is 29.3 Å². The molecule has 3 N–H and O–H groups in total. The number of urea groups is 1. The van der Waals surface area contributed by atoms with Crippen molar-refractivity contribution in [2.75, 3.05) is 22.1 Å². The van der Waals surface area contributed by atoms with Crippen molar-refractivity contribution in [1.82, 2.24) is 9.97 Å². The first-order valence-corrected chi connectivity index (χ1v) is 12.4. The van der Waals surface area contributed by atoms with Gasteiger partial charge in [-0.05, 0) is 54.1 Å². The van der Waals surface area contributed by atoms with Gasteiger partial charge in [0.2, 0.25) is 0 Å². The van der Waals surface area contributed by atoms with Crippen LogP contribution in [0.15, 0.2) is 73.1 Å². The summed E-state index contributed by atoms with van der Waals surface area (Å²) in [6.07, 6.45) is -1.77. The number of fused-ring (bicyclic) bond motifs is 1. The van der Waals surface area contributed by atoms with Gasteiger partial charge >= 0.3 is 12.4 Å². The fourth-order valence-electron chi connectivity index (χ4n) is 4.80. The first kappa shape index (κ1) is 27.1. The molecule has 3 aromatic carbocycles. The van der Waals surface area contributed by atoms with Gasteiger partial charge in [-0.25, -0.2) is 9.78 Å². The Balaban J connectivity index is 1.43. The summed E-state index contributed by atoms with van der Waals surface area (Å²) in [5.41, 5.74) is 3.77. The normalized spacial score (nSPS) is 14.0. The molecule has 0 radical (unpaired) electrons. The van der Waals surface area contributed by atoms with Gasteiger partial charge in [0.25, 0.3) is 0 Å². The van der Waals surface area contributed by atoms with Gasteiger partial charge in [-0.15, -0.1) is 13.2 Å². The maximum atomic E-state index is 12.8. The summed E-state index contributed by atoms with van der Waals surface area (Å²) < 4.78 is 41.1. The first-order valence-electron chi connectivity index (χ1n) is 12.1. The Hall–Kier alpha value is -4.51. The van der Waals surface area contributed by atoms with E-state index in [2.05, 4.69) is 25.3 Å². The van der Waals surface area contributed by atoms with Crippen LogP contribution in [-0.2, 0) is 5.41 Å². The quantitative estimate of drug-likeness (QED) is 0.230. The fourth-order valence-corrected chi connectivity index (χ4v) is 4.90. The van der Waals surface area contributed by atoms with Crippen LogP contribution in [0.2, 0.25) is 5.15 Å². The van der Waals surface area contributed by atoms with E-state index < -0.39 is 23.6 Å². The molecule has 5 rings (SSSR count). The maximum Gasteiger partial charge on any atom is 0.573 e. The zero-order chi connectivity index (χ0) is 28.7. The van der Waals surface area contributed by atoms with Gasteiger partial charge < -0.3 is 25.4 Å². The van der Waals surface area contributed by atoms with Gasteiger partial charge in [-0.2, -0.15) is 0 Å². The lowest BCUT2D eigenvalue weighted by Crippen LogP contribution is -2.27. The van der Waals surface area contributed by atoms with Gasteiger partial charge in [-0.1, -0.05) is 37.6 Å². The number of para-hydroxylation sites is 2. The molecule has 206 valence electrons. The lowest BCUT2D eigenvalue weighted by molar-refractivity contribution is -0.274. The smallest absolute Gasteiger partial charge is 0.506 e. The summed E-state index contributed by atoms with van der Waals surface area (Å²) in [5.74, 6) is -0.338. The monoisotopic (exact) mass is 569 g/mol. The largest absolute Gasteiger partial charge is 0.573 e. The Morgan fingerprint density at radius 2 is 1.75 bits per heavy atom. The maximum absolute atomic E-state index is 12.8. The SMILES string of the molecule is CC1(C)CN(c2ccccc2NC(=O)Nc2ccc(OC(F)(F)F)cc2)c2c(O)ccc(-c3cnc(Cl)cn3)c21. The number of benzene rings is 3. The number of anilines is 4. The molecule has 8 nitrogen and oxygen atoms in total. The molecular weight excluding hydrogens is 547 g/mol. The molecule has 0 unspecified atom stereocenters. The van der Waals surface area contributed by atoms with Crippen molar-refractivity contribution < 1.29 is 27.8 Å². The highest BCUT2D eigenvalue weighted by atomic mass is 35.5. The van der Waals surface area contributed by atoms with Crippen LogP contribution in [-0.4, -0.2) is 34.0 Å². The number of carbonyl (C=O) groups excluding carboxylic acids is 1. The van der Waals surface area contributed by atoms with E-state index in [0.717, 1.165) is 23.3 Å². The van der Waals surface area contributed by atoms with Crippen LogP contribution in [0.1, 0.15) is 19.4 Å².